The van der Waals surface area contributed by atoms with Gasteiger partial charge in [-0.2, -0.15) is 0 Å². The third-order valence-corrected chi connectivity index (χ3v) is 9.15. The Hall–Kier alpha value is -6.46. The van der Waals surface area contributed by atoms with Gasteiger partial charge in [0.05, 0.1) is 33.6 Å². The minimum absolute atomic E-state index is 0.692. The summed E-state index contributed by atoms with van der Waals surface area (Å²) in [4.78, 5) is 20.8. The number of nitrogens with zero attached hydrogens (tertiary/aromatic N) is 5. The third-order valence-electron chi connectivity index (χ3n) is 9.15. The van der Waals surface area contributed by atoms with Crippen molar-refractivity contribution >= 4 is 32.7 Å². The van der Waals surface area contributed by atoms with Gasteiger partial charge in [0.2, 0.25) is 0 Å². The first kappa shape index (κ1) is 28.7. The predicted octanol–water partition coefficient (Wildman–Crippen LogP) is 10.7. The maximum atomic E-state index is 5.34. The summed E-state index contributed by atoms with van der Waals surface area (Å²) >= 11 is 0. The largest absolute Gasteiger partial charge is 0.296 e. The number of aromatic nitrogens is 5. The SMILES string of the molecule is CCc1nc2c3c(-c4cccc(-c5cc(-c6ccccc6)nc(-c6ccccc6)n5)c4)nc4ccccc4c3ccc2n1-c1ccccc1. The average molecular weight is 630 g/mol. The highest BCUT2D eigenvalue weighted by Gasteiger charge is 2.20. The van der Waals surface area contributed by atoms with Gasteiger partial charge in [0.25, 0.3) is 0 Å². The zero-order valence-corrected chi connectivity index (χ0v) is 27.0. The third kappa shape index (κ3) is 5.04. The van der Waals surface area contributed by atoms with Crippen molar-refractivity contribution in [3.05, 3.63) is 164 Å². The molecule has 49 heavy (non-hydrogen) atoms. The molecule has 0 unspecified atom stereocenters. The summed E-state index contributed by atoms with van der Waals surface area (Å²) in [6.45, 7) is 2.16. The molecule has 0 aliphatic heterocycles. The second-order valence-electron chi connectivity index (χ2n) is 12.2. The Morgan fingerprint density at radius 2 is 1.12 bits per heavy atom. The molecular formula is C44H31N5. The Morgan fingerprint density at radius 1 is 0.490 bits per heavy atom. The van der Waals surface area contributed by atoms with E-state index in [9.17, 15) is 0 Å². The van der Waals surface area contributed by atoms with Crippen LogP contribution in [0.15, 0.2) is 158 Å². The lowest BCUT2D eigenvalue weighted by molar-refractivity contribution is 0.908. The molecule has 0 spiro atoms. The Morgan fingerprint density at radius 3 is 1.88 bits per heavy atom. The summed E-state index contributed by atoms with van der Waals surface area (Å²) in [5.74, 6) is 1.71. The quantitative estimate of drug-likeness (QED) is 0.172. The Balaban J connectivity index is 1.29. The molecule has 5 heteroatoms. The maximum absolute atomic E-state index is 5.34. The van der Waals surface area contributed by atoms with E-state index in [2.05, 4.69) is 127 Å². The summed E-state index contributed by atoms with van der Waals surface area (Å²) in [5, 5.41) is 3.30. The molecular weight excluding hydrogens is 599 g/mol. The van der Waals surface area contributed by atoms with Gasteiger partial charge in [-0.1, -0.05) is 128 Å². The van der Waals surface area contributed by atoms with Crippen molar-refractivity contribution in [1.29, 1.82) is 0 Å². The van der Waals surface area contributed by atoms with Gasteiger partial charge in [-0.15, -0.1) is 0 Å². The minimum Gasteiger partial charge on any atom is -0.296 e. The van der Waals surface area contributed by atoms with Crippen molar-refractivity contribution in [1.82, 2.24) is 24.5 Å². The monoisotopic (exact) mass is 629 g/mol. The number of hydrogen-bond donors (Lipinski definition) is 0. The van der Waals surface area contributed by atoms with Crippen molar-refractivity contribution in [3.8, 4) is 50.8 Å². The number of fused-ring (bicyclic) bond motifs is 5. The highest BCUT2D eigenvalue weighted by atomic mass is 15.1. The van der Waals surface area contributed by atoms with Crippen LogP contribution in [-0.2, 0) is 6.42 Å². The molecule has 0 N–H and O–H groups in total. The fourth-order valence-electron chi connectivity index (χ4n) is 6.84. The normalized spacial score (nSPS) is 11.4. The molecule has 0 aliphatic carbocycles. The van der Waals surface area contributed by atoms with Gasteiger partial charge in [0, 0.05) is 45.1 Å². The van der Waals surface area contributed by atoms with Crippen LogP contribution in [0.2, 0.25) is 0 Å². The van der Waals surface area contributed by atoms with Gasteiger partial charge >= 0.3 is 0 Å². The van der Waals surface area contributed by atoms with E-state index in [0.717, 1.165) is 90.0 Å². The minimum atomic E-state index is 0.692. The number of pyridine rings is 1. The fraction of sp³-hybridized carbons (Fsp3) is 0.0455. The summed E-state index contributed by atoms with van der Waals surface area (Å²) < 4.78 is 2.28. The zero-order chi connectivity index (χ0) is 32.7. The molecule has 0 radical (unpaired) electrons. The standard InChI is InChI=1S/C44H31N5/c1-2-40-48-43-39(49(40)33-21-10-5-11-22-33)26-25-35-34-23-12-13-24-36(34)45-42(41(35)43)32-20-14-19-31(27-32)38-28-37(29-15-6-3-7-16-29)46-44(47-38)30-17-8-4-9-18-30/h3-28H,2H2,1H3. The molecule has 0 atom stereocenters. The van der Waals surface area contributed by atoms with Gasteiger partial charge in [-0.05, 0) is 41.8 Å². The van der Waals surface area contributed by atoms with Gasteiger partial charge in [-0.3, -0.25) is 4.57 Å². The van der Waals surface area contributed by atoms with E-state index in [4.69, 9.17) is 19.9 Å². The summed E-state index contributed by atoms with van der Waals surface area (Å²) in [7, 11) is 0. The van der Waals surface area contributed by atoms with Crippen LogP contribution in [-0.4, -0.2) is 24.5 Å². The van der Waals surface area contributed by atoms with E-state index in [0.29, 0.717) is 5.82 Å². The first-order valence-corrected chi connectivity index (χ1v) is 16.6. The highest BCUT2D eigenvalue weighted by molar-refractivity contribution is 6.20. The van der Waals surface area contributed by atoms with Crippen LogP contribution in [0.5, 0.6) is 0 Å². The lowest BCUT2D eigenvalue weighted by Crippen LogP contribution is -1.99. The molecule has 3 heterocycles. The number of imidazole rings is 1. The van der Waals surface area contributed by atoms with Crippen LogP contribution in [0.1, 0.15) is 12.7 Å². The molecule has 3 aromatic heterocycles. The van der Waals surface area contributed by atoms with Crippen molar-refractivity contribution in [3.63, 3.8) is 0 Å². The van der Waals surface area contributed by atoms with Crippen LogP contribution < -0.4 is 0 Å². The lowest BCUT2D eigenvalue weighted by atomic mass is 9.97. The molecule has 5 nitrogen and oxygen atoms in total. The van der Waals surface area contributed by atoms with E-state index < -0.39 is 0 Å². The van der Waals surface area contributed by atoms with Gasteiger partial charge in [0.15, 0.2) is 5.82 Å². The first-order valence-electron chi connectivity index (χ1n) is 16.6. The predicted molar refractivity (Wildman–Crippen MR) is 201 cm³/mol. The smallest absolute Gasteiger partial charge is 0.160 e. The Kier molecular flexibility index (Phi) is 7.02. The molecule has 0 fully saturated rings. The molecule has 9 aromatic rings. The molecule has 232 valence electrons. The van der Waals surface area contributed by atoms with E-state index >= 15 is 0 Å². The molecule has 0 saturated carbocycles. The summed E-state index contributed by atoms with van der Waals surface area (Å²) in [6.07, 6.45) is 0.804. The van der Waals surface area contributed by atoms with E-state index in [1.165, 1.54) is 0 Å². The van der Waals surface area contributed by atoms with E-state index in [1.54, 1.807) is 0 Å². The number of hydrogen-bond acceptors (Lipinski definition) is 4. The first-order chi connectivity index (χ1) is 24.2. The fourth-order valence-corrected chi connectivity index (χ4v) is 6.84. The maximum Gasteiger partial charge on any atom is 0.160 e. The molecule has 0 saturated heterocycles. The zero-order valence-electron chi connectivity index (χ0n) is 27.0. The van der Waals surface area contributed by atoms with Crippen molar-refractivity contribution in [2.24, 2.45) is 0 Å². The second kappa shape index (κ2) is 12.0. The second-order valence-corrected chi connectivity index (χ2v) is 12.2. The van der Waals surface area contributed by atoms with Crippen LogP contribution in [0.4, 0.5) is 0 Å². The van der Waals surface area contributed by atoms with Crippen LogP contribution in [0.25, 0.3) is 83.6 Å². The van der Waals surface area contributed by atoms with E-state index in [1.807, 2.05) is 42.5 Å². The van der Waals surface area contributed by atoms with Crippen molar-refractivity contribution < 1.29 is 0 Å². The van der Waals surface area contributed by atoms with Crippen molar-refractivity contribution in [2.75, 3.05) is 0 Å². The molecule has 0 bridgehead atoms. The van der Waals surface area contributed by atoms with Gasteiger partial charge in [0.1, 0.15) is 5.82 Å². The summed E-state index contributed by atoms with van der Waals surface area (Å²) in [5.41, 5.74) is 10.7. The van der Waals surface area contributed by atoms with Crippen molar-refractivity contribution in [2.45, 2.75) is 13.3 Å². The van der Waals surface area contributed by atoms with E-state index in [-0.39, 0.29) is 0 Å². The van der Waals surface area contributed by atoms with Gasteiger partial charge in [-0.25, -0.2) is 19.9 Å². The van der Waals surface area contributed by atoms with Crippen LogP contribution in [0, 0.1) is 0 Å². The number of rotatable bonds is 6. The highest BCUT2D eigenvalue weighted by Crippen LogP contribution is 2.39. The topological polar surface area (TPSA) is 56.5 Å². The Bertz CT molecular complexity index is 2570. The number of benzene rings is 6. The van der Waals surface area contributed by atoms with Crippen LogP contribution >= 0.6 is 0 Å². The van der Waals surface area contributed by atoms with Crippen LogP contribution in [0.3, 0.4) is 0 Å². The molecule has 0 aliphatic rings. The average Bonchev–Trinajstić information content (AvgIpc) is 3.57. The molecule has 9 rings (SSSR count). The Labute approximate surface area is 284 Å². The summed E-state index contributed by atoms with van der Waals surface area (Å²) in [6, 6.07) is 54.4. The molecule has 6 aromatic carbocycles. The number of para-hydroxylation sites is 2. The lowest BCUT2D eigenvalue weighted by Gasteiger charge is -2.13. The number of aryl methyl sites for hydroxylation is 1. The molecule has 0 amide bonds. The van der Waals surface area contributed by atoms with Gasteiger partial charge < -0.3 is 0 Å².